The quantitative estimate of drug-likeness (QED) is 0.156. The van der Waals surface area contributed by atoms with E-state index in [2.05, 4.69) is 0 Å². The number of rotatable bonds is 7. The molecule has 2 saturated heterocycles. The number of phenolic OH excluding ortho intramolecular Hbond substituents is 1. The van der Waals surface area contributed by atoms with Gasteiger partial charge in [0.1, 0.15) is 35.6 Å². The number of hydrogen-bond donors (Lipinski definition) is 6. The second-order valence-corrected chi connectivity index (χ2v) is 13.3. The van der Waals surface area contributed by atoms with Gasteiger partial charge in [0.25, 0.3) is 0 Å². The van der Waals surface area contributed by atoms with Crippen molar-refractivity contribution in [1.82, 2.24) is 0 Å². The standard InChI is InChI=1S/C38H36FNO10/c39-24-10-12-25(13-11-24)40-33(37(36(40)47)15-17-38(48,18-16-37)23-6-2-1-3-7-23)27-14-9-22(21-5-4-8-26(41)19-21)20-28(27)49-35-31(44)29(42)30(43)32(50-35)34(45)46/h1-14,19-20,29-33,35,41-44,48H,15-18H2,(H,45,46)/t29-,30+,31?,32?,33+,35+,37?,38?/m0/s1. The first kappa shape index (κ1) is 33.6. The summed E-state index contributed by atoms with van der Waals surface area (Å²) in [4.78, 5) is 27.7. The molecule has 11 nitrogen and oxygen atoms in total. The summed E-state index contributed by atoms with van der Waals surface area (Å²) in [5, 5.41) is 63.3. The SMILES string of the molecule is O=C(O)C1O[C@@H](Oc2cc(-c3cccc(O)c3)ccc2[C@H]2N(c3ccc(F)cc3)C(=O)C23CCC(O)(c2ccccc2)CC3)C(O)[C@@H](O)[C@H]1O. The summed E-state index contributed by atoms with van der Waals surface area (Å²) in [6.45, 7) is 0. The highest BCUT2D eigenvalue weighted by Gasteiger charge is 2.64. The molecule has 3 aliphatic rings. The van der Waals surface area contributed by atoms with Crippen molar-refractivity contribution in [2.45, 2.75) is 68.0 Å². The molecule has 6 N–H and O–H groups in total. The summed E-state index contributed by atoms with van der Waals surface area (Å²) in [6, 6.07) is 25.5. The smallest absolute Gasteiger partial charge is 0.335 e. The number of nitrogens with zero attached hydrogens (tertiary/aromatic N) is 1. The van der Waals surface area contributed by atoms with Crippen LogP contribution in [0.3, 0.4) is 0 Å². The van der Waals surface area contributed by atoms with Crippen LogP contribution in [-0.4, -0.2) is 73.2 Å². The molecule has 260 valence electrons. The predicted molar refractivity (Wildman–Crippen MR) is 176 cm³/mol. The number of aromatic hydroxyl groups is 1. The van der Waals surface area contributed by atoms with Crippen LogP contribution in [0.1, 0.15) is 42.9 Å². The zero-order chi connectivity index (χ0) is 35.4. The number of carbonyl (C=O) groups is 2. The van der Waals surface area contributed by atoms with Crippen molar-refractivity contribution in [2.75, 3.05) is 4.90 Å². The largest absolute Gasteiger partial charge is 0.508 e. The molecule has 6 atom stereocenters. The Hall–Kier alpha value is -4.85. The van der Waals surface area contributed by atoms with Crippen molar-refractivity contribution in [3.05, 3.63) is 114 Å². The van der Waals surface area contributed by atoms with Gasteiger partial charge in [-0.15, -0.1) is 0 Å². The van der Waals surface area contributed by atoms with Gasteiger partial charge in [0.15, 0.2) is 6.10 Å². The van der Waals surface area contributed by atoms with Crippen LogP contribution < -0.4 is 9.64 Å². The van der Waals surface area contributed by atoms with E-state index in [1.165, 1.54) is 41.3 Å². The Labute approximate surface area is 286 Å². The Morgan fingerprint density at radius 1 is 0.820 bits per heavy atom. The van der Waals surface area contributed by atoms with E-state index in [0.29, 0.717) is 22.4 Å². The normalized spacial score (nSPS) is 30.9. The fourth-order valence-electron chi connectivity index (χ4n) is 7.60. The van der Waals surface area contributed by atoms with Gasteiger partial charge in [0.05, 0.1) is 17.1 Å². The Kier molecular flexibility index (Phi) is 8.61. The molecular weight excluding hydrogens is 649 g/mol. The highest BCUT2D eigenvalue weighted by molar-refractivity contribution is 6.06. The first-order valence-electron chi connectivity index (χ1n) is 16.3. The number of carboxylic acids is 1. The van der Waals surface area contributed by atoms with Crippen LogP contribution in [0, 0.1) is 11.2 Å². The first-order valence-corrected chi connectivity index (χ1v) is 16.3. The number of halogens is 1. The molecule has 1 aliphatic carbocycles. The Morgan fingerprint density at radius 2 is 1.50 bits per heavy atom. The van der Waals surface area contributed by atoms with Gasteiger partial charge in [0.2, 0.25) is 12.2 Å². The molecule has 4 aromatic rings. The van der Waals surface area contributed by atoms with Crippen LogP contribution in [0.15, 0.2) is 97.1 Å². The number of hydrogen-bond acceptors (Lipinski definition) is 9. The summed E-state index contributed by atoms with van der Waals surface area (Å²) >= 11 is 0. The fraction of sp³-hybridized carbons (Fsp3) is 0.316. The summed E-state index contributed by atoms with van der Waals surface area (Å²) in [7, 11) is 0. The molecule has 1 saturated carbocycles. The number of ether oxygens (including phenoxy) is 2. The second kappa shape index (κ2) is 12.8. The third kappa shape index (κ3) is 5.68. The van der Waals surface area contributed by atoms with Gasteiger partial charge in [-0.1, -0.05) is 54.6 Å². The summed E-state index contributed by atoms with van der Waals surface area (Å²) in [6.07, 6.45) is -8.30. The van der Waals surface area contributed by atoms with Gasteiger partial charge in [-0.25, -0.2) is 9.18 Å². The lowest BCUT2D eigenvalue weighted by molar-refractivity contribution is -0.271. The van der Waals surface area contributed by atoms with E-state index >= 15 is 0 Å². The highest BCUT2D eigenvalue weighted by atomic mass is 19.1. The van der Waals surface area contributed by atoms with Crippen LogP contribution >= 0.6 is 0 Å². The maximum atomic E-state index is 14.3. The molecule has 0 radical (unpaired) electrons. The molecule has 1 amide bonds. The van der Waals surface area contributed by atoms with Crippen LogP contribution in [0.2, 0.25) is 0 Å². The number of carbonyl (C=O) groups excluding carboxylic acids is 1. The zero-order valence-electron chi connectivity index (χ0n) is 26.7. The minimum Gasteiger partial charge on any atom is -0.508 e. The molecule has 7 rings (SSSR count). The van der Waals surface area contributed by atoms with E-state index < -0.39 is 59.6 Å². The number of amides is 1. The lowest BCUT2D eigenvalue weighted by Crippen LogP contribution is -2.65. The lowest BCUT2D eigenvalue weighted by atomic mass is 9.56. The molecule has 0 bridgehead atoms. The zero-order valence-corrected chi connectivity index (χ0v) is 26.7. The average molecular weight is 686 g/mol. The van der Waals surface area contributed by atoms with Crippen LogP contribution in [-0.2, 0) is 19.9 Å². The Morgan fingerprint density at radius 3 is 2.16 bits per heavy atom. The lowest BCUT2D eigenvalue weighted by Gasteiger charge is -2.59. The molecule has 2 aliphatic heterocycles. The number of β-lactam (4-membered cyclic amide) rings is 1. The van der Waals surface area contributed by atoms with E-state index in [1.807, 2.05) is 30.3 Å². The molecule has 0 aromatic heterocycles. The van der Waals surface area contributed by atoms with Crippen molar-refractivity contribution in [1.29, 1.82) is 0 Å². The van der Waals surface area contributed by atoms with Gasteiger partial charge < -0.3 is 45.0 Å². The number of anilines is 1. The first-order chi connectivity index (χ1) is 23.9. The highest BCUT2D eigenvalue weighted by Crippen LogP contribution is 2.63. The minimum absolute atomic E-state index is 0.000581. The maximum Gasteiger partial charge on any atom is 0.335 e. The second-order valence-electron chi connectivity index (χ2n) is 13.3. The molecular formula is C38H36FNO10. The number of aliphatic carboxylic acids is 1. The summed E-state index contributed by atoms with van der Waals surface area (Å²) in [5.41, 5.74) is 0.524. The number of phenols is 1. The van der Waals surface area contributed by atoms with Gasteiger partial charge in [-0.2, -0.15) is 0 Å². The third-order valence-corrected chi connectivity index (χ3v) is 10.4. The number of aliphatic hydroxyl groups is 4. The number of aliphatic hydroxyl groups excluding tert-OH is 3. The maximum absolute atomic E-state index is 14.3. The van der Waals surface area contributed by atoms with Crippen molar-refractivity contribution >= 4 is 17.6 Å². The number of benzene rings is 4. The van der Waals surface area contributed by atoms with Crippen molar-refractivity contribution in [3.63, 3.8) is 0 Å². The molecule has 50 heavy (non-hydrogen) atoms. The fourth-order valence-corrected chi connectivity index (χ4v) is 7.60. The molecule has 12 heteroatoms. The molecule has 2 unspecified atom stereocenters. The Bertz CT molecular complexity index is 1900. The summed E-state index contributed by atoms with van der Waals surface area (Å²) < 4.78 is 25.7. The van der Waals surface area contributed by atoms with Gasteiger partial charge >= 0.3 is 5.97 Å². The average Bonchev–Trinajstić information content (AvgIpc) is 3.12. The van der Waals surface area contributed by atoms with Crippen molar-refractivity contribution < 1.29 is 54.1 Å². The third-order valence-electron chi connectivity index (χ3n) is 10.4. The van der Waals surface area contributed by atoms with Crippen LogP contribution in [0.4, 0.5) is 10.1 Å². The van der Waals surface area contributed by atoms with Gasteiger partial charge in [-0.05, 0) is 84.8 Å². The van der Waals surface area contributed by atoms with Crippen molar-refractivity contribution in [2.24, 2.45) is 5.41 Å². The molecule has 3 fully saturated rings. The van der Waals surface area contributed by atoms with E-state index in [0.717, 1.165) is 5.56 Å². The molecule has 4 aromatic carbocycles. The van der Waals surface area contributed by atoms with Crippen LogP contribution in [0.25, 0.3) is 11.1 Å². The summed E-state index contributed by atoms with van der Waals surface area (Å²) in [5.74, 6) is -2.23. The van der Waals surface area contributed by atoms with E-state index in [-0.39, 0.29) is 43.1 Å². The van der Waals surface area contributed by atoms with E-state index in [4.69, 9.17) is 9.47 Å². The molecule has 1 spiro atoms. The minimum atomic E-state index is -1.94. The van der Waals surface area contributed by atoms with E-state index in [9.17, 15) is 44.6 Å². The van der Waals surface area contributed by atoms with Gasteiger partial charge in [-0.3, -0.25) is 4.79 Å². The Balaban J connectivity index is 1.33. The number of carboxylic acid groups (broad SMARTS) is 1. The van der Waals surface area contributed by atoms with Crippen molar-refractivity contribution in [3.8, 4) is 22.6 Å². The van der Waals surface area contributed by atoms with Gasteiger partial charge in [0, 0.05) is 11.3 Å². The monoisotopic (exact) mass is 685 g/mol. The molecule has 2 heterocycles. The van der Waals surface area contributed by atoms with E-state index in [1.54, 1.807) is 30.3 Å². The van der Waals surface area contributed by atoms with Crippen LogP contribution in [0.5, 0.6) is 11.5 Å². The topological polar surface area (TPSA) is 177 Å². The predicted octanol–water partition coefficient (Wildman–Crippen LogP) is 4.01.